The second-order valence-corrected chi connectivity index (χ2v) is 9.02. The number of hydrogen-bond acceptors (Lipinski definition) is 4. The molecule has 0 aliphatic carbocycles. The smallest absolute Gasteiger partial charge is 0.191 e. The van der Waals surface area contributed by atoms with Crippen LogP contribution in [0.3, 0.4) is 0 Å². The van der Waals surface area contributed by atoms with Gasteiger partial charge in [0.2, 0.25) is 0 Å². The number of halogens is 1. The Kier molecular flexibility index (Phi) is 14.6. The van der Waals surface area contributed by atoms with E-state index in [4.69, 9.17) is 4.74 Å². The second-order valence-electron chi connectivity index (χ2n) is 7.45. The fraction of sp³-hybridized carbons (Fsp3) is 0.682. The first-order chi connectivity index (χ1) is 14.2. The van der Waals surface area contributed by atoms with E-state index in [1.54, 1.807) is 7.05 Å². The van der Waals surface area contributed by atoms with Crippen molar-refractivity contribution in [3.05, 3.63) is 35.9 Å². The predicted octanol–water partition coefficient (Wildman–Crippen LogP) is 2.86. The highest BCUT2D eigenvalue weighted by atomic mass is 127. The van der Waals surface area contributed by atoms with E-state index in [1.165, 1.54) is 12.8 Å². The minimum atomic E-state index is -0.884. The van der Waals surface area contributed by atoms with E-state index < -0.39 is 10.8 Å². The van der Waals surface area contributed by atoms with E-state index in [1.807, 2.05) is 30.3 Å². The Morgan fingerprint density at radius 3 is 2.43 bits per heavy atom. The number of nitrogens with zero attached hydrogens (tertiary/aromatic N) is 2. The molecule has 2 N–H and O–H groups in total. The van der Waals surface area contributed by atoms with Gasteiger partial charge in [0.25, 0.3) is 0 Å². The highest BCUT2D eigenvalue weighted by Crippen LogP contribution is 2.19. The summed E-state index contributed by atoms with van der Waals surface area (Å²) in [4.78, 5) is 6.90. The zero-order valence-corrected chi connectivity index (χ0v) is 21.8. The molecule has 0 radical (unpaired) electrons. The summed E-state index contributed by atoms with van der Waals surface area (Å²) >= 11 is 0. The first kappa shape index (κ1) is 27.3. The second kappa shape index (κ2) is 16.0. The number of hydrogen-bond donors (Lipinski definition) is 2. The molecule has 30 heavy (non-hydrogen) atoms. The number of aliphatic imine (C=N–C) groups is 1. The molecule has 1 aliphatic heterocycles. The van der Waals surface area contributed by atoms with Gasteiger partial charge in [-0.2, -0.15) is 0 Å². The average Bonchev–Trinajstić information content (AvgIpc) is 2.76. The van der Waals surface area contributed by atoms with Crippen LogP contribution in [0, 0.1) is 5.92 Å². The molecule has 172 valence electrons. The number of guanidine groups is 1. The SMILES string of the molecule is CCC(CC)C(CNC(=NC)NCCS(=O)Cc1ccccc1)N1CCOCC1.I. The van der Waals surface area contributed by atoms with Crippen molar-refractivity contribution in [2.45, 2.75) is 38.5 Å². The number of nitrogens with one attached hydrogen (secondary N) is 2. The van der Waals surface area contributed by atoms with Gasteiger partial charge in [-0.1, -0.05) is 57.0 Å². The molecule has 6 nitrogen and oxygen atoms in total. The molecule has 0 spiro atoms. The van der Waals surface area contributed by atoms with Crippen molar-refractivity contribution in [2.75, 3.05) is 52.2 Å². The molecular weight excluding hydrogens is 511 g/mol. The number of benzene rings is 1. The number of morpholine rings is 1. The molecule has 1 aromatic rings. The highest BCUT2D eigenvalue weighted by molar-refractivity contribution is 14.0. The van der Waals surface area contributed by atoms with E-state index in [0.29, 0.717) is 30.0 Å². The van der Waals surface area contributed by atoms with Crippen LogP contribution in [-0.4, -0.2) is 73.3 Å². The Labute approximate surface area is 202 Å². The molecule has 2 atom stereocenters. The van der Waals surface area contributed by atoms with E-state index >= 15 is 0 Å². The Morgan fingerprint density at radius 2 is 1.83 bits per heavy atom. The molecular formula is C22H39IN4O2S. The number of ether oxygens (including phenoxy) is 1. The molecule has 0 aromatic heterocycles. The Morgan fingerprint density at radius 1 is 1.17 bits per heavy atom. The summed E-state index contributed by atoms with van der Waals surface area (Å²) in [5.74, 6) is 2.64. The van der Waals surface area contributed by atoms with Crippen molar-refractivity contribution < 1.29 is 8.95 Å². The lowest BCUT2D eigenvalue weighted by Crippen LogP contribution is -2.53. The van der Waals surface area contributed by atoms with Crippen molar-refractivity contribution in [1.29, 1.82) is 0 Å². The van der Waals surface area contributed by atoms with Gasteiger partial charge in [-0.3, -0.25) is 14.1 Å². The zero-order chi connectivity index (χ0) is 20.9. The van der Waals surface area contributed by atoms with E-state index in [-0.39, 0.29) is 24.0 Å². The van der Waals surface area contributed by atoms with Crippen LogP contribution in [0.1, 0.15) is 32.3 Å². The summed E-state index contributed by atoms with van der Waals surface area (Å²) in [6.45, 7) is 9.67. The summed E-state index contributed by atoms with van der Waals surface area (Å²) in [6, 6.07) is 10.5. The summed E-state index contributed by atoms with van der Waals surface area (Å²) < 4.78 is 17.8. The van der Waals surface area contributed by atoms with Gasteiger partial charge in [-0.15, -0.1) is 24.0 Å². The molecule has 1 aromatic carbocycles. The van der Waals surface area contributed by atoms with Crippen LogP contribution >= 0.6 is 24.0 Å². The van der Waals surface area contributed by atoms with Gasteiger partial charge in [0.05, 0.1) is 13.2 Å². The van der Waals surface area contributed by atoms with Crippen molar-refractivity contribution >= 4 is 40.7 Å². The Balaban J connectivity index is 0.00000450. The van der Waals surface area contributed by atoms with Gasteiger partial charge in [0.15, 0.2) is 5.96 Å². The lowest BCUT2D eigenvalue weighted by molar-refractivity contribution is 0.00272. The first-order valence-electron chi connectivity index (χ1n) is 10.8. The fourth-order valence-corrected chi connectivity index (χ4v) is 4.91. The van der Waals surface area contributed by atoms with E-state index in [2.05, 4.69) is 34.4 Å². The van der Waals surface area contributed by atoms with Crippen LogP contribution in [0.5, 0.6) is 0 Å². The summed E-state index contributed by atoms with van der Waals surface area (Å²) in [6.07, 6.45) is 2.34. The van der Waals surface area contributed by atoms with Gasteiger partial charge in [-0.05, 0) is 11.5 Å². The largest absolute Gasteiger partial charge is 0.379 e. The van der Waals surface area contributed by atoms with Gasteiger partial charge < -0.3 is 15.4 Å². The monoisotopic (exact) mass is 550 g/mol. The Bertz CT molecular complexity index is 623. The fourth-order valence-electron chi connectivity index (χ4n) is 3.87. The molecule has 2 rings (SSSR count). The van der Waals surface area contributed by atoms with Gasteiger partial charge in [0.1, 0.15) is 0 Å². The minimum Gasteiger partial charge on any atom is -0.379 e. The van der Waals surface area contributed by atoms with E-state index in [9.17, 15) is 4.21 Å². The van der Waals surface area contributed by atoms with Crippen LogP contribution in [0.2, 0.25) is 0 Å². The first-order valence-corrected chi connectivity index (χ1v) is 12.3. The van der Waals surface area contributed by atoms with Crippen molar-refractivity contribution in [1.82, 2.24) is 15.5 Å². The lowest BCUT2D eigenvalue weighted by Gasteiger charge is -2.39. The van der Waals surface area contributed by atoms with Crippen LogP contribution in [0.15, 0.2) is 35.3 Å². The normalized spacial score (nSPS) is 17.3. The molecule has 1 saturated heterocycles. The van der Waals surface area contributed by atoms with Crippen LogP contribution in [0.4, 0.5) is 0 Å². The van der Waals surface area contributed by atoms with E-state index in [0.717, 1.165) is 44.4 Å². The van der Waals surface area contributed by atoms with Gasteiger partial charge in [-0.25, -0.2) is 0 Å². The highest BCUT2D eigenvalue weighted by Gasteiger charge is 2.26. The molecule has 8 heteroatoms. The zero-order valence-electron chi connectivity index (χ0n) is 18.6. The summed E-state index contributed by atoms with van der Waals surface area (Å²) in [7, 11) is 0.905. The molecule has 0 bridgehead atoms. The average molecular weight is 551 g/mol. The lowest BCUT2D eigenvalue weighted by atomic mass is 9.92. The molecule has 0 amide bonds. The van der Waals surface area contributed by atoms with Crippen molar-refractivity contribution in [3.63, 3.8) is 0 Å². The molecule has 0 saturated carbocycles. The minimum absolute atomic E-state index is 0. The molecule has 1 heterocycles. The third-order valence-electron chi connectivity index (χ3n) is 5.60. The maximum absolute atomic E-state index is 12.3. The van der Waals surface area contributed by atoms with Crippen LogP contribution in [0.25, 0.3) is 0 Å². The van der Waals surface area contributed by atoms with Crippen molar-refractivity contribution in [2.24, 2.45) is 10.9 Å². The maximum atomic E-state index is 12.3. The molecule has 1 fully saturated rings. The van der Waals surface area contributed by atoms with Gasteiger partial charge in [0, 0.05) is 61.6 Å². The maximum Gasteiger partial charge on any atom is 0.191 e. The third kappa shape index (κ3) is 9.62. The standard InChI is InChI=1S/C22H38N4O2S.HI/c1-4-20(5-2)21(26-12-14-28-15-13-26)17-25-22(23-3)24-11-16-29(27)18-19-9-7-6-8-10-19;/h6-10,20-21H,4-5,11-18H2,1-3H3,(H2,23,24,25);1H. The molecule has 2 unspecified atom stereocenters. The topological polar surface area (TPSA) is 66.0 Å². The summed E-state index contributed by atoms with van der Waals surface area (Å²) in [5, 5.41) is 6.82. The molecule has 1 aliphatic rings. The van der Waals surface area contributed by atoms with Crippen LogP contribution < -0.4 is 10.6 Å². The quantitative estimate of drug-likeness (QED) is 0.252. The third-order valence-corrected chi connectivity index (χ3v) is 6.92. The van der Waals surface area contributed by atoms with Crippen molar-refractivity contribution in [3.8, 4) is 0 Å². The number of rotatable bonds is 11. The Hall–Kier alpha value is -0.710. The van der Waals surface area contributed by atoms with Crippen LogP contribution in [-0.2, 0) is 21.3 Å². The predicted molar refractivity (Wildman–Crippen MR) is 138 cm³/mol. The summed E-state index contributed by atoms with van der Waals surface area (Å²) in [5.41, 5.74) is 1.12. The van der Waals surface area contributed by atoms with Gasteiger partial charge >= 0.3 is 0 Å².